The molecule has 0 aliphatic rings. The summed E-state index contributed by atoms with van der Waals surface area (Å²) in [7, 11) is -4.85. The Labute approximate surface area is 176 Å². The van der Waals surface area contributed by atoms with E-state index in [1.807, 2.05) is 0 Å². The van der Waals surface area contributed by atoms with E-state index in [2.05, 4.69) is 10.3 Å². The highest BCUT2D eigenvalue weighted by Crippen LogP contribution is 2.34. The molecule has 0 fully saturated rings. The Morgan fingerprint density at radius 1 is 1.19 bits per heavy atom. The largest absolute Gasteiger partial charge is 0.435 e. The van der Waals surface area contributed by atoms with Gasteiger partial charge >= 0.3 is 6.18 Å². The minimum absolute atomic E-state index is 0.0522. The number of carbonyl (C=O) groups excluding carboxylic acids is 1. The van der Waals surface area contributed by atoms with Crippen LogP contribution in [0, 0.1) is 17.1 Å². The molecule has 0 aliphatic heterocycles. The Morgan fingerprint density at radius 3 is 2.45 bits per heavy atom. The number of alkyl halides is 3. The van der Waals surface area contributed by atoms with Crippen LogP contribution in [0.15, 0.2) is 47.4 Å². The third-order valence-electron chi connectivity index (χ3n) is 3.81. The molecular formula is C17H8ClF4N5O3S. The first-order chi connectivity index (χ1) is 14.5. The third kappa shape index (κ3) is 4.35. The van der Waals surface area contributed by atoms with E-state index >= 15 is 0 Å². The second-order valence-electron chi connectivity index (χ2n) is 5.84. The second kappa shape index (κ2) is 7.97. The molecule has 0 unspecified atom stereocenters. The average molecular weight is 474 g/mol. The highest BCUT2D eigenvalue weighted by molar-refractivity contribution is 7.90. The van der Waals surface area contributed by atoms with E-state index < -0.39 is 44.2 Å². The van der Waals surface area contributed by atoms with Gasteiger partial charge in [0, 0.05) is 0 Å². The van der Waals surface area contributed by atoms with Gasteiger partial charge in [0.2, 0.25) is 0 Å². The van der Waals surface area contributed by atoms with Crippen LogP contribution in [-0.2, 0) is 16.2 Å². The monoisotopic (exact) mass is 473 g/mol. The predicted molar refractivity (Wildman–Crippen MR) is 97.1 cm³/mol. The van der Waals surface area contributed by atoms with Crippen molar-refractivity contribution < 1.29 is 30.8 Å². The summed E-state index contributed by atoms with van der Waals surface area (Å²) >= 11 is 5.91. The number of amides is 1. The molecule has 0 aliphatic carbocycles. The van der Waals surface area contributed by atoms with Crippen molar-refractivity contribution in [1.29, 1.82) is 5.26 Å². The highest BCUT2D eigenvalue weighted by Gasteiger charge is 2.43. The number of carbonyl (C=O) groups is 1. The van der Waals surface area contributed by atoms with Crippen LogP contribution in [0.3, 0.4) is 0 Å². The molecule has 1 amide bonds. The summed E-state index contributed by atoms with van der Waals surface area (Å²) in [6.45, 7) is 0. The maximum atomic E-state index is 13.8. The van der Waals surface area contributed by atoms with Crippen molar-refractivity contribution >= 4 is 27.5 Å². The van der Waals surface area contributed by atoms with Gasteiger partial charge in [-0.2, -0.15) is 18.4 Å². The molecule has 2 aromatic carbocycles. The maximum Gasteiger partial charge on any atom is 0.435 e. The van der Waals surface area contributed by atoms with Crippen molar-refractivity contribution in [3.8, 4) is 11.8 Å². The lowest BCUT2D eigenvalue weighted by molar-refractivity contribution is -0.143. The molecule has 1 N–H and O–H groups in total. The molecule has 0 atom stereocenters. The summed E-state index contributed by atoms with van der Waals surface area (Å²) < 4.78 is 80.9. The van der Waals surface area contributed by atoms with E-state index in [0.717, 1.165) is 36.4 Å². The fourth-order valence-electron chi connectivity index (χ4n) is 2.49. The van der Waals surface area contributed by atoms with Crippen LogP contribution in [-0.4, -0.2) is 29.3 Å². The van der Waals surface area contributed by atoms with E-state index in [-0.39, 0.29) is 21.0 Å². The van der Waals surface area contributed by atoms with E-state index in [1.165, 1.54) is 10.8 Å². The van der Waals surface area contributed by atoms with Crippen LogP contribution >= 0.6 is 11.6 Å². The summed E-state index contributed by atoms with van der Waals surface area (Å²) in [5.74, 6) is -3.00. The zero-order chi connectivity index (χ0) is 23.0. The highest BCUT2D eigenvalue weighted by atomic mass is 35.5. The SMILES string of the molecule is N#Cc1ccc(-n2nnc(C(=O)NS(=O)(=O)c3ccccc3F)c2C(F)(F)F)c(Cl)c1. The number of nitriles is 1. The molecule has 3 rings (SSSR count). The van der Waals surface area contributed by atoms with Crippen LogP contribution in [0.4, 0.5) is 17.6 Å². The Kier molecular flexibility index (Phi) is 5.70. The summed E-state index contributed by atoms with van der Waals surface area (Å²) in [5, 5.41) is 14.9. The van der Waals surface area contributed by atoms with E-state index in [9.17, 15) is 30.8 Å². The quantitative estimate of drug-likeness (QED) is 0.582. The van der Waals surface area contributed by atoms with Gasteiger partial charge in [0.25, 0.3) is 15.9 Å². The van der Waals surface area contributed by atoms with E-state index in [4.69, 9.17) is 16.9 Å². The third-order valence-corrected chi connectivity index (χ3v) is 5.48. The van der Waals surface area contributed by atoms with Crippen LogP contribution in [0.2, 0.25) is 5.02 Å². The zero-order valence-corrected chi connectivity index (χ0v) is 16.4. The molecule has 14 heteroatoms. The number of nitrogens with zero attached hydrogens (tertiary/aromatic N) is 4. The van der Waals surface area contributed by atoms with Crippen LogP contribution in [0.5, 0.6) is 0 Å². The summed E-state index contributed by atoms with van der Waals surface area (Å²) in [6, 6.07) is 8.98. The fourth-order valence-corrected chi connectivity index (χ4v) is 3.79. The normalized spacial score (nSPS) is 11.7. The van der Waals surface area contributed by atoms with Crippen LogP contribution in [0.1, 0.15) is 21.7 Å². The van der Waals surface area contributed by atoms with Gasteiger partial charge in [0.05, 0.1) is 22.3 Å². The average Bonchev–Trinajstić information content (AvgIpc) is 3.13. The summed E-state index contributed by atoms with van der Waals surface area (Å²) in [6.07, 6.45) is -5.21. The topological polar surface area (TPSA) is 118 Å². The lowest BCUT2D eigenvalue weighted by Crippen LogP contribution is -2.33. The minimum atomic E-state index is -5.21. The van der Waals surface area contributed by atoms with Crippen molar-refractivity contribution in [2.45, 2.75) is 11.1 Å². The lowest BCUT2D eigenvalue weighted by atomic mass is 10.2. The van der Waals surface area contributed by atoms with Gasteiger partial charge in [0.1, 0.15) is 10.7 Å². The van der Waals surface area contributed by atoms with Gasteiger partial charge in [-0.3, -0.25) is 4.79 Å². The van der Waals surface area contributed by atoms with Crippen molar-refractivity contribution in [2.24, 2.45) is 0 Å². The van der Waals surface area contributed by atoms with E-state index in [1.54, 1.807) is 6.07 Å². The zero-order valence-electron chi connectivity index (χ0n) is 14.9. The van der Waals surface area contributed by atoms with Crippen molar-refractivity contribution in [1.82, 2.24) is 19.7 Å². The number of nitrogens with one attached hydrogen (secondary N) is 1. The van der Waals surface area contributed by atoms with Gasteiger partial charge in [-0.05, 0) is 30.3 Å². The number of halogens is 5. The molecule has 0 spiro atoms. The first kappa shape index (κ1) is 22.2. The number of hydrogen-bond donors (Lipinski definition) is 1. The molecular weight excluding hydrogens is 466 g/mol. The van der Waals surface area contributed by atoms with Gasteiger partial charge in [-0.15, -0.1) is 5.10 Å². The Balaban J connectivity index is 2.08. The van der Waals surface area contributed by atoms with Crippen molar-refractivity contribution in [3.63, 3.8) is 0 Å². The Morgan fingerprint density at radius 2 is 1.87 bits per heavy atom. The molecule has 160 valence electrons. The molecule has 0 saturated carbocycles. The molecule has 3 aromatic rings. The first-order valence-electron chi connectivity index (χ1n) is 8.00. The fraction of sp³-hybridized carbons (Fsp3) is 0.0588. The van der Waals surface area contributed by atoms with Crippen LogP contribution in [0.25, 0.3) is 5.69 Å². The number of benzene rings is 2. The standard InChI is InChI=1S/C17H8ClF4N5O3S/c18-10-7-9(8-23)5-6-12(10)27-15(17(20,21)22)14(24-26-27)16(28)25-31(29,30)13-4-2-1-3-11(13)19/h1-7H,(H,25,28). The van der Waals surface area contributed by atoms with Crippen molar-refractivity contribution in [3.05, 3.63) is 70.3 Å². The summed E-state index contributed by atoms with van der Waals surface area (Å²) in [5.41, 5.74) is -3.42. The van der Waals surface area contributed by atoms with Gasteiger partial charge in [-0.1, -0.05) is 28.9 Å². The number of rotatable bonds is 4. The van der Waals surface area contributed by atoms with Crippen LogP contribution < -0.4 is 4.72 Å². The molecule has 1 heterocycles. The van der Waals surface area contributed by atoms with Gasteiger partial charge in [0.15, 0.2) is 11.4 Å². The first-order valence-corrected chi connectivity index (χ1v) is 9.86. The van der Waals surface area contributed by atoms with Crippen molar-refractivity contribution in [2.75, 3.05) is 0 Å². The van der Waals surface area contributed by atoms with E-state index in [0.29, 0.717) is 0 Å². The second-order valence-corrected chi connectivity index (χ2v) is 7.90. The summed E-state index contributed by atoms with van der Waals surface area (Å²) in [4.78, 5) is 11.4. The Hall–Kier alpha value is -3.50. The molecule has 0 radical (unpaired) electrons. The molecule has 1 aromatic heterocycles. The minimum Gasteiger partial charge on any atom is -0.266 e. The molecule has 31 heavy (non-hydrogen) atoms. The molecule has 0 saturated heterocycles. The smallest absolute Gasteiger partial charge is 0.266 e. The lowest BCUT2D eigenvalue weighted by Gasteiger charge is -2.12. The molecule has 8 nitrogen and oxygen atoms in total. The number of sulfonamides is 1. The number of hydrogen-bond acceptors (Lipinski definition) is 6. The predicted octanol–water partition coefficient (Wildman–Crippen LogP) is 3.07. The van der Waals surface area contributed by atoms with Gasteiger partial charge in [-0.25, -0.2) is 22.2 Å². The maximum absolute atomic E-state index is 13.8. The van der Waals surface area contributed by atoms with Gasteiger partial charge < -0.3 is 0 Å². The number of aromatic nitrogens is 3. The molecule has 0 bridgehead atoms. The Bertz CT molecular complexity index is 1330.